The van der Waals surface area contributed by atoms with E-state index in [1.165, 1.54) is 24.3 Å². The highest BCUT2D eigenvalue weighted by atomic mass is 19.1. The number of amides is 1. The number of benzene rings is 4. The van der Waals surface area contributed by atoms with Gasteiger partial charge in [-0.05, 0) is 65.6 Å². The number of rotatable bonds is 9. The van der Waals surface area contributed by atoms with Crippen molar-refractivity contribution in [2.75, 3.05) is 11.4 Å². The lowest BCUT2D eigenvalue weighted by atomic mass is 10.1. The zero-order valence-corrected chi connectivity index (χ0v) is 18.7. The van der Waals surface area contributed by atoms with Crippen molar-refractivity contribution in [2.24, 2.45) is 0 Å². The number of ether oxygens (including phenoxy) is 1. The first-order chi connectivity index (χ1) is 16.6. The molecule has 172 valence electrons. The second-order valence-corrected chi connectivity index (χ2v) is 7.96. The van der Waals surface area contributed by atoms with E-state index < -0.39 is 0 Å². The molecule has 0 aromatic heterocycles. The number of carbonyl (C=O) groups is 1. The minimum Gasteiger partial charge on any atom is -0.489 e. The van der Waals surface area contributed by atoms with Gasteiger partial charge in [0.05, 0.1) is 6.42 Å². The molecule has 1 amide bonds. The number of carbonyl (C=O) groups excluding carboxylic acids is 1. The maximum Gasteiger partial charge on any atom is 0.231 e. The molecule has 0 N–H and O–H groups in total. The molecule has 0 aliphatic heterocycles. The van der Waals surface area contributed by atoms with Crippen molar-refractivity contribution < 1.29 is 18.3 Å². The normalized spacial score (nSPS) is 10.6. The number of hydrogen-bond acceptors (Lipinski definition) is 2. The topological polar surface area (TPSA) is 29.5 Å². The Morgan fingerprint density at radius 1 is 0.706 bits per heavy atom. The Morgan fingerprint density at radius 3 is 2.03 bits per heavy atom. The number of anilines is 1. The lowest BCUT2D eigenvalue weighted by Crippen LogP contribution is -2.34. The predicted octanol–water partition coefficient (Wildman–Crippen LogP) is 6.36. The van der Waals surface area contributed by atoms with Crippen LogP contribution in [-0.2, 0) is 24.2 Å². The summed E-state index contributed by atoms with van der Waals surface area (Å²) in [5, 5.41) is 0. The molecule has 0 saturated carbocycles. The Hall–Kier alpha value is -3.99. The van der Waals surface area contributed by atoms with Crippen LogP contribution in [0.5, 0.6) is 5.75 Å². The number of halogens is 2. The molecule has 0 saturated heterocycles. The van der Waals surface area contributed by atoms with Gasteiger partial charge >= 0.3 is 0 Å². The van der Waals surface area contributed by atoms with Crippen molar-refractivity contribution in [3.8, 4) is 5.75 Å². The Balaban J connectivity index is 1.50. The van der Waals surface area contributed by atoms with E-state index in [0.717, 1.165) is 16.9 Å². The molecule has 4 aromatic carbocycles. The van der Waals surface area contributed by atoms with E-state index in [-0.39, 0.29) is 24.0 Å². The molecular weight excluding hydrogens is 432 g/mol. The van der Waals surface area contributed by atoms with Crippen LogP contribution in [0.1, 0.15) is 16.7 Å². The molecule has 0 spiro atoms. The summed E-state index contributed by atoms with van der Waals surface area (Å²) in [7, 11) is 0. The highest BCUT2D eigenvalue weighted by molar-refractivity contribution is 5.94. The third-order valence-corrected chi connectivity index (χ3v) is 5.52. The van der Waals surface area contributed by atoms with E-state index in [1.54, 1.807) is 29.2 Å². The largest absolute Gasteiger partial charge is 0.489 e. The Morgan fingerprint density at radius 2 is 1.32 bits per heavy atom. The van der Waals surface area contributed by atoms with Crippen LogP contribution < -0.4 is 9.64 Å². The van der Waals surface area contributed by atoms with Gasteiger partial charge in [0.25, 0.3) is 0 Å². The monoisotopic (exact) mass is 457 g/mol. The number of nitrogens with zero attached hydrogens (tertiary/aromatic N) is 1. The van der Waals surface area contributed by atoms with Crippen molar-refractivity contribution in [1.29, 1.82) is 0 Å². The van der Waals surface area contributed by atoms with Crippen LogP contribution in [0, 0.1) is 11.6 Å². The molecule has 0 aliphatic carbocycles. The number of para-hydroxylation sites is 1. The lowest BCUT2D eigenvalue weighted by molar-refractivity contribution is -0.118. The highest BCUT2D eigenvalue weighted by Gasteiger charge is 2.17. The average molecular weight is 458 g/mol. The van der Waals surface area contributed by atoms with E-state index in [2.05, 4.69) is 0 Å². The summed E-state index contributed by atoms with van der Waals surface area (Å²) < 4.78 is 32.8. The van der Waals surface area contributed by atoms with Crippen molar-refractivity contribution in [2.45, 2.75) is 19.4 Å². The van der Waals surface area contributed by atoms with Crippen LogP contribution in [0.4, 0.5) is 14.5 Å². The van der Waals surface area contributed by atoms with Crippen molar-refractivity contribution in [3.63, 3.8) is 0 Å². The van der Waals surface area contributed by atoms with Crippen LogP contribution in [0.3, 0.4) is 0 Å². The van der Waals surface area contributed by atoms with Crippen LogP contribution in [0.15, 0.2) is 103 Å². The Kier molecular flexibility index (Phi) is 7.66. The SMILES string of the molecule is O=C(Cc1ccc(F)cc1)N(CCc1ccccc1OCc1ccccc1)c1ccc(F)cc1. The van der Waals surface area contributed by atoms with Gasteiger partial charge in [-0.25, -0.2) is 8.78 Å². The Labute approximate surface area is 198 Å². The van der Waals surface area contributed by atoms with Crippen LogP contribution >= 0.6 is 0 Å². The summed E-state index contributed by atoms with van der Waals surface area (Å²) in [5.41, 5.74) is 3.36. The fourth-order valence-electron chi connectivity index (χ4n) is 3.71. The van der Waals surface area contributed by atoms with E-state index in [0.29, 0.717) is 30.8 Å². The molecule has 0 heterocycles. The summed E-state index contributed by atoms with van der Waals surface area (Å²) >= 11 is 0. The van der Waals surface area contributed by atoms with E-state index in [9.17, 15) is 13.6 Å². The van der Waals surface area contributed by atoms with Crippen LogP contribution in [0.2, 0.25) is 0 Å². The molecular formula is C29H25F2NO2. The molecule has 4 aromatic rings. The molecule has 0 aliphatic rings. The van der Waals surface area contributed by atoms with E-state index in [1.807, 2.05) is 54.6 Å². The quantitative estimate of drug-likeness (QED) is 0.293. The van der Waals surface area contributed by atoms with E-state index >= 15 is 0 Å². The summed E-state index contributed by atoms with van der Waals surface area (Å²) in [6.45, 7) is 0.834. The van der Waals surface area contributed by atoms with Gasteiger partial charge in [0.2, 0.25) is 5.91 Å². The van der Waals surface area contributed by atoms with Gasteiger partial charge in [-0.15, -0.1) is 0 Å². The average Bonchev–Trinajstić information content (AvgIpc) is 2.86. The smallest absolute Gasteiger partial charge is 0.231 e. The molecule has 5 heteroatoms. The van der Waals surface area contributed by atoms with Crippen LogP contribution in [-0.4, -0.2) is 12.5 Å². The van der Waals surface area contributed by atoms with Gasteiger partial charge in [-0.1, -0.05) is 60.7 Å². The predicted molar refractivity (Wildman–Crippen MR) is 130 cm³/mol. The first kappa shape index (κ1) is 23.2. The molecule has 0 atom stereocenters. The van der Waals surface area contributed by atoms with Gasteiger partial charge < -0.3 is 9.64 Å². The first-order valence-electron chi connectivity index (χ1n) is 11.1. The van der Waals surface area contributed by atoms with Crippen LogP contribution in [0.25, 0.3) is 0 Å². The fourth-order valence-corrected chi connectivity index (χ4v) is 3.71. The van der Waals surface area contributed by atoms with Gasteiger partial charge in [0.1, 0.15) is 24.0 Å². The second kappa shape index (κ2) is 11.2. The molecule has 4 rings (SSSR count). The van der Waals surface area contributed by atoms with Crippen molar-refractivity contribution >= 4 is 11.6 Å². The summed E-state index contributed by atoms with van der Waals surface area (Å²) in [5.74, 6) is -0.106. The number of hydrogen-bond donors (Lipinski definition) is 0. The van der Waals surface area contributed by atoms with Crippen molar-refractivity contribution in [3.05, 3.63) is 131 Å². The lowest BCUT2D eigenvalue weighted by Gasteiger charge is -2.24. The summed E-state index contributed by atoms with van der Waals surface area (Å²) in [6.07, 6.45) is 0.668. The molecule has 0 fully saturated rings. The van der Waals surface area contributed by atoms with E-state index in [4.69, 9.17) is 4.74 Å². The minimum atomic E-state index is -0.366. The molecule has 3 nitrogen and oxygen atoms in total. The third kappa shape index (κ3) is 6.29. The molecule has 0 radical (unpaired) electrons. The van der Waals surface area contributed by atoms with Gasteiger partial charge in [0, 0.05) is 12.2 Å². The third-order valence-electron chi connectivity index (χ3n) is 5.52. The molecule has 0 unspecified atom stereocenters. The maximum absolute atomic E-state index is 13.5. The van der Waals surface area contributed by atoms with Gasteiger partial charge in [-0.2, -0.15) is 0 Å². The van der Waals surface area contributed by atoms with Gasteiger partial charge in [0.15, 0.2) is 0 Å². The van der Waals surface area contributed by atoms with Gasteiger partial charge in [-0.3, -0.25) is 4.79 Å². The zero-order chi connectivity index (χ0) is 23.8. The Bertz CT molecular complexity index is 1210. The second-order valence-electron chi connectivity index (χ2n) is 7.96. The minimum absolute atomic E-state index is 0.115. The molecule has 34 heavy (non-hydrogen) atoms. The first-order valence-corrected chi connectivity index (χ1v) is 11.1. The maximum atomic E-state index is 13.5. The highest BCUT2D eigenvalue weighted by Crippen LogP contribution is 2.23. The summed E-state index contributed by atoms with van der Waals surface area (Å²) in [6, 6.07) is 29.4. The summed E-state index contributed by atoms with van der Waals surface area (Å²) in [4.78, 5) is 14.8. The fraction of sp³-hybridized carbons (Fsp3) is 0.138. The zero-order valence-electron chi connectivity index (χ0n) is 18.7. The standard InChI is InChI=1S/C29H25F2NO2/c30-25-12-10-22(11-13-25)20-29(33)32(27-16-14-26(31)15-17-27)19-18-24-8-4-5-9-28(24)34-21-23-6-2-1-3-7-23/h1-17H,18-21H2. The van der Waals surface area contributed by atoms with Crippen molar-refractivity contribution in [1.82, 2.24) is 0 Å². The molecule has 0 bridgehead atoms.